The molecule has 1 aliphatic heterocycles. The second kappa shape index (κ2) is 12.6. The Morgan fingerprint density at radius 1 is 1.19 bits per heavy atom. The van der Waals surface area contributed by atoms with Gasteiger partial charge in [0, 0.05) is 37.6 Å². The van der Waals surface area contributed by atoms with Crippen LogP contribution < -0.4 is 10.1 Å². The zero-order valence-corrected chi connectivity index (χ0v) is 29.2. The van der Waals surface area contributed by atoms with Crippen molar-refractivity contribution in [1.29, 1.82) is 0 Å². The lowest BCUT2D eigenvalue weighted by Crippen LogP contribution is -2.48. The van der Waals surface area contributed by atoms with E-state index in [1.54, 1.807) is 0 Å². The van der Waals surface area contributed by atoms with Crippen molar-refractivity contribution in [1.82, 2.24) is 24.3 Å². The minimum absolute atomic E-state index is 0.0271. The number of para-hydroxylation sites is 1. The summed E-state index contributed by atoms with van der Waals surface area (Å²) in [7, 11) is 0.130. The third-order valence-electron chi connectivity index (χ3n) is 10.1. The number of nitrogens with zero attached hydrogens (tertiary/aromatic N) is 4. The number of nitrogens with one attached hydrogen (secondary N) is 1. The number of carbonyl (C=O) groups excluding carboxylic acids is 1. The lowest BCUT2D eigenvalue weighted by atomic mass is 9.97. The van der Waals surface area contributed by atoms with Crippen molar-refractivity contribution in [2.24, 2.45) is 13.0 Å². The SMILES string of the molecule is Cn1c(-c2cc3cccc(OCCO[Si](C)(C)C(C)(C)C)c3n2CC2CC2)nc2cc3c(cc21)CCN(CC(CF)NC(=O)O)C3=O. The number of hydrogen-bond donors (Lipinski definition) is 2. The third kappa shape index (κ3) is 6.62. The molecule has 3 heterocycles. The highest BCUT2D eigenvalue weighted by atomic mass is 28.4. The van der Waals surface area contributed by atoms with Crippen LogP contribution >= 0.6 is 0 Å². The molecule has 0 radical (unpaired) electrons. The van der Waals surface area contributed by atoms with Crippen LogP contribution in [0.2, 0.25) is 18.1 Å². The van der Waals surface area contributed by atoms with Gasteiger partial charge in [0.1, 0.15) is 19.0 Å². The van der Waals surface area contributed by atoms with Crippen molar-refractivity contribution in [3.8, 4) is 17.3 Å². The molecule has 1 atom stereocenters. The standard InChI is InChI=1S/C35H46FN5O5Si/c1-35(2,3)47(5,6)46-15-14-45-30-9-7-8-24-17-29(41(31(24)30)20-22-10-11-22)32-38-27-18-26-23(16-28(27)39(32)4)12-13-40(33(26)42)21-25(19-36)37-34(43)44/h7-9,16-18,22,25,37H,10-15,19-21H2,1-6H3,(H,43,44). The third-order valence-corrected chi connectivity index (χ3v) is 14.6. The van der Waals surface area contributed by atoms with Crippen molar-refractivity contribution in [2.45, 2.75) is 70.8 Å². The molecule has 2 amide bonds. The van der Waals surface area contributed by atoms with Gasteiger partial charge in [0.2, 0.25) is 0 Å². The fourth-order valence-corrected chi connectivity index (χ4v) is 7.22. The number of alkyl halides is 1. The summed E-state index contributed by atoms with van der Waals surface area (Å²) in [5, 5.41) is 12.4. The summed E-state index contributed by atoms with van der Waals surface area (Å²) in [4.78, 5) is 31.1. The summed E-state index contributed by atoms with van der Waals surface area (Å²) < 4.78 is 30.7. The Kier molecular flexibility index (Phi) is 8.86. The molecule has 4 aromatic rings. The van der Waals surface area contributed by atoms with Crippen LogP contribution in [0.1, 0.15) is 49.5 Å². The Labute approximate surface area is 276 Å². The van der Waals surface area contributed by atoms with Crippen LogP contribution in [-0.4, -0.2) is 83.5 Å². The van der Waals surface area contributed by atoms with Gasteiger partial charge >= 0.3 is 6.09 Å². The van der Waals surface area contributed by atoms with Crippen LogP contribution in [0.15, 0.2) is 36.4 Å². The average Bonchev–Trinajstić information content (AvgIpc) is 3.68. The Hall–Kier alpha value is -3.90. The van der Waals surface area contributed by atoms with Crippen LogP contribution in [0, 0.1) is 5.92 Å². The molecule has 2 aromatic heterocycles. The van der Waals surface area contributed by atoms with Crippen molar-refractivity contribution < 1.29 is 28.2 Å². The van der Waals surface area contributed by atoms with Crippen molar-refractivity contribution in [2.75, 3.05) is 33.0 Å². The van der Waals surface area contributed by atoms with Gasteiger partial charge in [-0.15, -0.1) is 0 Å². The number of imidazole rings is 1. The molecular weight excluding hydrogens is 617 g/mol. The molecule has 2 aromatic carbocycles. The smallest absolute Gasteiger partial charge is 0.405 e. The predicted octanol–water partition coefficient (Wildman–Crippen LogP) is 6.61. The van der Waals surface area contributed by atoms with Crippen LogP contribution in [0.3, 0.4) is 0 Å². The fraction of sp³-hybridized carbons (Fsp3) is 0.514. The number of benzene rings is 2. The Morgan fingerprint density at radius 2 is 1.96 bits per heavy atom. The molecule has 0 saturated heterocycles. The Balaban J connectivity index is 1.31. The highest BCUT2D eigenvalue weighted by molar-refractivity contribution is 6.74. The summed E-state index contributed by atoms with van der Waals surface area (Å²) in [6.07, 6.45) is 1.67. The van der Waals surface area contributed by atoms with Crippen molar-refractivity contribution in [3.63, 3.8) is 0 Å². The first kappa shape index (κ1) is 33.0. The Bertz CT molecular complexity index is 1820. The number of rotatable bonds is 12. The molecule has 2 N–H and O–H groups in total. The number of aromatic nitrogens is 3. The van der Waals surface area contributed by atoms with Gasteiger partial charge in [0.25, 0.3) is 5.91 Å². The maximum atomic E-state index is 13.5. The van der Waals surface area contributed by atoms with E-state index in [1.807, 2.05) is 31.3 Å². The molecule has 12 heteroatoms. The zero-order valence-electron chi connectivity index (χ0n) is 28.2. The fourth-order valence-electron chi connectivity index (χ4n) is 6.20. The minimum Gasteiger partial charge on any atom is -0.489 e. The van der Waals surface area contributed by atoms with Gasteiger partial charge in [0.15, 0.2) is 14.1 Å². The molecule has 6 rings (SSSR count). The van der Waals surface area contributed by atoms with E-state index in [2.05, 4.69) is 60.4 Å². The van der Waals surface area contributed by atoms with Crippen molar-refractivity contribution >= 4 is 42.3 Å². The molecule has 1 unspecified atom stereocenters. The molecule has 2 aliphatic rings. The van der Waals surface area contributed by atoms with Crippen LogP contribution in [0.5, 0.6) is 5.75 Å². The number of carboxylic acid groups (broad SMARTS) is 1. The van der Waals surface area contributed by atoms with E-state index in [0.29, 0.717) is 43.2 Å². The number of halogens is 1. The lowest BCUT2D eigenvalue weighted by molar-refractivity contribution is 0.0714. The van der Waals surface area contributed by atoms with Gasteiger partial charge < -0.3 is 33.6 Å². The number of fused-ring (bicyclic) bond motifs is 3. The summed E-state index contributed by atoms with van der Waals surface area (Å²) in [6.45, 7) is 12.6. The summed E-state index contributed by atoms with van der Waals surface area (Å²) in [5.41, 5.74) is 5.11. The quantitative estimate of drug-likeness (QED) is 0.130. The van der Waals surface area contributed by atoms with E-state index in [0.717, 1.165) is 45.8 Å². The number of amides is 2. The topological polar surface area (TPSA) is 111 Å². The van der Waals surface area contributed by atoms with E-state index in [4.69, 9.17) is 19.3 Å². The number of hydrogen-bond acceptors (Lipinski definition) is 5. The van der Waals surface area contributed by atoms with Crippen molar-refractivity contribution in [3.05, 3.63) is 47.5 Å². The molecule has 10 nitrogen and oxygen atoms in total. The van der Waals surface area contributed by atoms with E-state index >= 15 is 0 Å². The second-order valence-corrected chi connectivity index (χ2v) is 19.3. The predicted molar refractivity (Wildman–Crippen MR) is 184 cm³/mol. The first-order chi connectivity index (χ1) is 22.3. The minimum atomic E-state index is -1.88. The zero-order chi connectivity index (χ0) is 33.7. The monoisotopic (exact) mass is 663 g/mol. The van der Waals surface area contributed by atoms with Gasteiger partial charge in [0.05, 0.1) is 34.9 Å². The summed E-state index contributed by atoms with van der Waals surface area (Å²) >= 11 is 0. The molecule has 0 spiro atoms. The van der Waals surface area contributed by atoms with Gasteiger partial charge in [-0.25, -0.2) is 14.2 Å². The van der Waals surface area contributed by atoms with Gasteiger partial charge in [-0.3, -0.25) is 4.79 Å². The van der Waals surface area contributed by atoms with Crippen LogP contribution in [-0.2, 0) is 24.4 Å². The first-order valence-corrected chi connectivity index (χ1v) is 19.4. The average molecular weight is 664 g/mol. The lowest BCUT2D eigenvalue weighted by Gasteiger charge is -2.36. The molecule has 1 aliphatic carbocycles. The van der Waals surface area contributed by atoms with E-state index in [9.17, 15) is 14.0 Å². The number of carbonyl (C=O) groups is 2. The first-order valence-electron chi connectivity index (χ1n) is 16.5. The summed E-state index contributed by atoms with van der Waals surface area (Å²) in [6, 6.07) is 11.2. The van der Waals surface area contributed by atoms with Crippen LogP contribution in [0.25, 0.3) is 33.5 Å². The largest absolute Gasteiger partial charge is 0.489 e. The van der Waals surface area contributed by atoms with Gasteiger partial charge in [-0.05, 0) is 73.1 Å². The Morgan fingerprint density at radius 3 is 2.64 bits per heavy atom. The highest BCUT2D eigenvalue weighted by Gasteiger charge is 2.37. The van der Waals surface area contributed by atoms with E-state index < -0.39 is 27.1 Å². The molecule has 1 saturated carbocycles. The van der Waals surface area contributed by atoms with Gasteiger partial charge in [-0.1, -0.05) is 32.9 Å². The molecule has 252 valence electrons. The molecular formula is C35H46FN5O5Si. The van der Waals surface area contributed by atoms with E-state index in [1.165, 1.54) is 17.7 Å². The maximum Gasteiger partial charge on any atom is 0.405 e. The maximum absolute atomic E-state index is 13.5. The molecule has 0 bridgehead atoms. The number of ether oxygens (including phenoxy) is 1. The molecule has 1 fully saturated rings. The van der Waals surface area contributed by atoms with Crippen LogP contribution in [0.4, 0.5) is 9.18 Å². The highest BCUT2D eigenvalue weighted by Crippen LogP contribution is 2.40. The molecule has 47 heavy (non-hydrogen) atoms. The normalized spacial score (nSPS) is 16.1. The second-order valence-electron chi connectivity index (χ2n) is 14.5. The van der Waals surface area contributed by atoms with E-state index in [-0.39, 0.29) is 17.5 Å². The number of aryl methyl sites for hydroxylation is 1. The van der Waals surface area contributed by atoms with Gasteiger partial charge in [-0.2, -0.15) is 0 Å². The summed E-state index contributed by atoms with van der Waals surface area (Å²) in [5.74, 6) is 2.00.